The van der Waals surface area contributed by atoms with Crippen LogP contribution in [0, 0.1) is 19.3 Å². The van der Waals surface area contributed by atoms with Crippen LogP contribution < -0.4 is 0 Å². The molecule has 0 saturated carbocycles. The third kappa shape index (κ3) is 8.17. The molecule has 0 aliphatic heterocycles. The van der Waals surface area contributed by atoms with Crippen molar-refractivity contribution >= 4 is 39.5 Å². The first-order valence-electron chi connectivity index (χ1n) is 9.76. The van der Waals surface area contributed by atoms with Gasteiger partial charge in [-0.25, -0.2) is 5.57 Å². The first-order chi connectivity index (χ1) is 14.2. The van der Waals surface area contributed by atoms with Crippen LogP contribution in [0.4, 0.5) is 0 Å². The maximum absolute atomic E-state index is 13.8. The van der Waals surface area contributed by atoms with Crippen LogP contribution in [-0.2, 0) is 34.5 Å². The van der Waals surface area contributed by atoms with E-state index < -0.39 is 19.8 Å². The molecule has 0 aromatic heterocycles. The summed E-state index contributed by atoms with van der Waals surface area (Å²) < 4.78 is 43.5. The van der Waals surface area contributed by atoms with Crippen LogP contribution in [0.5, 0.6) is 0 Å². The van der Waals surface area contributed by atoms with Crippen molar-refractivity contribution in [3.63, 3.8) is 0 Å². The molecule has 2 aromatic rings. The molecule has 0 fully saturated rings. The van der Waals surface area contributed by atoms with Gasteiger partial charge in [-0.15, -0.1) is 3.77 Å². The van der Waals surface area contributed by atoms with E-state index in [-0.39, 0.29) is 4.90 Å². The van der Waals surface area contributed by atoms with Crippen molar-refractivity contribution in [3.8, 4) is 0 Å². The van der Waals surface area contributed by atoms with Gasteiger partial charge in [-0.1, -0.05) is 74.9 Å². The zero-order chi connectivity index (χ0) is 22.8. The van der Waals surface area contributed by atoms with Crippen LogP contribution in [0.2, 0.25) is 0 Å². The second-order valence-corrected chi connectivity index (χ2v) is 10.6. The standard InChI is InChI=1S/C22H28NO3S2.HI.Zn/c1-5-7-8-20(6-2)17-27(24,21-13-9-18(3)10-14-21)23-28(25,26)22-15-11-19(4)12-16-22;;/h9-16H,5-8H2,1-4H3;1H;/q-1;;+2/p-1/t27-;;/m0../s1. The Labute approximate surface area is 203 Å². The molecule has 0 aliphatic carbocycles. The maximum atomic E-state index is 13.8. The van der Waals surface area contributed by atoms with E-state index in [1.807, 2.05) is 32.9 Å². The van der Waals surface area contributed by atoms with Crippen LogP contribution in [0.25, 0.3) is 0 Å². The van der Waals surface area contributed by atoms with Gasteiger partial charge in [0.05, 0.1) is 4.90 Å². The molecule has 8 heteroatoms. The molecule has 4 nitrogen and oxygen atoms in total. The summed E-state index contributed by atoms with van der Waals surface area (Å²) in [5, 5.41) is 2.99. The summed E-state index contributed by atoms with van der Waals surface area (Å²) in [7, 11) is -7.49. The molecule has 1 atom stereocenters. The van der Waals surface area contributed by atoms with Crippen molar-refractivity contribution < 1.29 is 27.4 Å². The Hall–Kier alpha value is -0.567. The van der Waals surface area contributed by atoms with Crippen LogP contribution >= 0.6 is 19.8 Å². The first-order valence-corrected chi connectivity index (χ1v) is 21.8. The summed E-state index contributed by atoms with van der Waals surface area (Å²) in [6, 6.07) is 13.3. The average Bonchev–Trinajstić information content (AvgIpc) is 2.73. The number of sulfonamides is 1. The molecule has 0 heterocycles. The van der Waals surface area contributed by atoms with Crippen molar-refractivity contribution in [2.75, 3.05) is 0 Å². The van der Waals surface area contributed by atoms with Gasteiger partial charge in [0, 0.05) is 4.90 Å². The average molecular weight is 611 g/mol. The number of hydrogen-bond acceptors (Lipinski definition) is 3. The van der Waals surface area contributed by atoms with Crippen LogP contribution in [0.3, 0.4) is 0 Å². The molecule has 2 aromatic carbocycles. The summed E-state index contributed by atoms with van der Waals surface area (Å²) >= 11 is 3.62. The van der Waals surface area contributed by atoms with Crippen molar-refractivity contribution in [1.82, 2.24) is 0 Å². The fourth-order valence-corrected chi connectivity index (χ4v) is 6.30. The van der Waals surface area contributed by atoms with E-state index in [1.54, 1.807) is 24.3 Å². The van der Waals surface area contributed by atoms with E-state index in [4.69, 9.17) is 0 Å². The SMILES string of the molecule is CCCCC(=[C-][S@@](=O)(=NS(=O)(=O)c1ccc(C)cc1)c1ccc(C)cc1)CC.[Zn+][I]. The third-order valence-electron chi connectivity index (χ3n) is 4.40. The number of unbranched alkanes of at least 4 members (excludes halogenated alkanes) is 1. The molecule has 30 heavy (non-hydrogen) atoms. The number of allylic oxidation sites excluding steroid dienone is 1. The Morgan fingerprint density at radius 3 is 1.80 bits per heavy atom. The Morgan fingerprint density at radius 1 is 0.900 bits per heavy atom. The molecular weight excluding hydrogens is 583 g/mol. The van der Waals surface area contributed by atoms with Crippen LogP contribution in [0.1, 0.15) is 50.7 Å². The summed E-state index contributed by atoms with van der Waals surface area (Å²) in [4.78, 5) is 0.391. The van der Waals surface area contributed by atoms with Gasteiger partial charge in [0.25, 0.3) is 10.0 Å². The minimum atomic E-state index is -4.09. The summed E-state index contributed by atoms with van der Waals surface area (Å²) in [5.74, 6) is 0. The first kappa shape index (κ1) is 27.5. The topological polar surface area (TPSA) is 63.6 Å². The van der Waals surface area contributed by atoms with Crippen molar-refractivity contribution in [1.29, 1.82) is 0 Å². The molecule has 0 aliphatic rings. The van der Waals surface area contributed by atoms with Gasteiger partial charge >= 0.3 is 34.5 Å². The van der Waals surface area contributed by atoms with Gasteiger partial charge in [-0.2, -0.15) is 8.42 Å². The molecule has 0 saturated heterocycles. The van der Waals surface area contributed by atoms with E-state index in [0.717, 1.165) is 36.0 Å². The molecule has 160 valence electrons. The fraction of sp³-hybridized carbons (Fsp3) is 0.364. The van der Waals surface area contributed by atoms with Gasteiger partial charge in [-0.05, 0) is 47.8 Å². The number of nitrogens with zero attached hydrogens (tertiary/aromatic N) is 1. The quantitative estimate of drug-likeness (QED) is 0.190. The van der Waals surface area contributed by atoms with E-state index in [1.165, 1.54) is 26.9 Å². The fourth-order valence-electron chi connectivity index (χ4n) is 2.62. The van der Waals surface area contributed by atoms with Crippen molar-refractivity contribution in [2.45, 2.75) is 63.2 Å². The molecule has 0 bridgehead atoms. The molecule has 0 N–H and O–H groups in total. The molecular formula is C22H28INO3S2Zn. The summed E-state index contributed by atoms with van der Waals surface area (Å²) in [5.41, 5.74) is 2.78. The third-order valence-corrected chi connectivity index (χ3v) is 8.37. The minimum absolute atomic E-state index is 0.0337. The normalized spacial score (nSPS) is 13.8. The van der Waals surface area contributed by atoms with Crippen molar-refractivity contribution in [3.05, 3.63) is 70.6 Å². The van der Waals surface area contributed by atoms with Gasteiger partial charge < -0.3 is 5.41 Å². The Kier molecular flexibility index (Phi) is 12.0. The summed E-state index contributed by atoms with van der Waals surface area (Å²) in [6.45, 7) is 7.84. The number of hydrogen-bond donors (Lipinski definition) is 0. The van der Waals surface area contributed by atoms with Gasteiger partial charge in [0.2, 0.25) is 0 Å². The zero-order valence-electron chi connectivity index (χ0n) is 18.0. The van der Waals surface area contributed by atoms with E-state index >= 15 is 0 Å². The zero-order valence-corrected chi connectivity index (χ0v) is 24.8. The second-order valence-electron chi connectivity index (χ2n) is 6.86. The van der Waals surface area contributed by atoms with Gasteiger partial charge in [-0.3, -0.25) is 4.21 Å². The van der Waals surface area contributed by atoms with Gasteiger partial charge in [0.1, 0.15) is 0 Å². The molecule has 0 unspecified atom stereocenters. The predicted molar refractivity (Wildman–Crippen MR) is 129 cm³/mol. The van der Waals surface area contributed by atoms with Crippen LogP contribution in [0.15, 0.2) is 67.7 Å². The molecule has 0 spiro atoms. The Balaban J connectivity index is 0.00000218. The summed E-state index contributed by atoms with van der Waals surface area (Å²) in [6.07, 6.45) is 3.32. The van der Waals surface area contributed by atoms with Crippen LogP contribution in [-0.4, -0.2) is 12.6 Å². The van der Waals surface area contributed by atoms with Crippen molar-refractivity contribution in [2.24, 2.45) is 3.77 Å². The van der Waals surface area contributed by atoms with E-state index in [0.29, 0.717) is 11.3 Å². The second kappa shape index (κ2) is 13.1. The monoisotopic (exact) mass is 609 g/mol. The number of aryl methyl sites for hydroxylation is 2. The van der Waals surface area contributed by atoms with E-state index in [2.05, 4.69) is 35.8 Å². The predicted octanol–water partition coefficient (Wildman–Crippen LogP) is 6.69. The Bertz CT molecular complexity index is 1050. The molecule has 0 amide bonds. The molecule has 2 rings (SSSR count). The molecule has 0 radical (unpaired) electrons. The number of halogens is 1. The van der Waals surface area contributed by atoms with E-state index in [9.17, 15) is 12.6 Å². The Morgan fingerprint density at radius 2 is 1.37 bits per heavy atom. The number of rotatable bonds is 8. The number of benzene rings is 2. The van der Waals surface area contributed by atoms with Gasteiger partial charge in [0.15, 0.2) is 0 Å².